The molecule has 0 aliphatic carbocycles. The van der Waals surface area contributed by atoms with Crippen molar-refractivity contribution in [2.45, 2.75) is 6.92 Å². The standard InChI is InChI=1S/C7H6ClN3/c1-4-10-6-2-5(8)3-9-7(6)11-4/h2-3H,1H3,(H,9,10,11). The van der Waals surface area contributed by atoms with Crippen molar-refractivity contribution < 1.29 is 0 Å². The van der Waals surface area contributed by atoms with Gasteiger partial charge in [-0.25, -0.2) is 9.97 Å². The third-order valence-corrected chi connectivity index (χ3v) is 1.63. The van der Waals surface area contributed by atoms with E-state index in [0.717, 1.165) is 11.3 Å². The van der Waals surface area contributed by atoms with Gasteiger partial charge in [-0.3, -0.25) is 0 Å². The second-order valence-electron chi connectivity index (χ2n) is 2.35. The lowest BCUT2D eigenvalue weighted by molar-refractivity contribution is 1.16. The molecule has 0 atom stereocenters. The third-order valence-electron chi connectivity index (χ3n) is 1.42. The molecule has 0 unspecified atom stereocenters. The van der Waals surface area contributed by atoms with E-state index in [1.54, 1.807) is 6.20 Å². The van der Waals surface area contributed by atoms with E-state index in [2.05, 4.69) is 15.0 Å². The van der Waals surface area contributed by atoms with Crippen LogP contribution in [0.5, 0.6) is 0 Å². The van der Waals surface area contributed by atoms with Crippen molar-refractivity contribution in [2.24, 2.45) is 0 Å². The molecule has 3 nitrogen and oxygen atoms in total. The lowest BCUT2D eigenvalue weighted by Crippen LogP contribution is -1.74. The summed E-state index contributed by atoms with van der Waals surface area (Å²) in [7, 11) is 0. The van der Waals surface area contributed by atoms with E-state index in [0.29, 0.717) is 10.7 Å². The SMILES string of the molecule is Cc1nc2ncc(Cl)cc2[nH]1. The van der Waals surface area contributed by atoms with Crippen LogP contribution in [-0.2, 0) is 0 Å². The van der Waals surface area contributed by atoms with Gasteiger partial charge in [0.1, 0.15) is 5.82 Å². The number of nitrogens with zero attached hydrogens (tertiary/aromatic N) is 2. The summed E-state index contributed by atoms with van der Waals surface area (Å²) < 4.78 is 0. The minimum absolute atomic E-state index is 0.626. The van der Waals surface area contributed by atoms with E-state index in [9.17, 15) is 0 Å². The van der Waals surface area contributed by atoms with Crippen LogP contribution < -0.4 is 0 Å². The largest absolute Gasteiger partial charge is 0.341 e. The van der Waals surface area contributed by atoms with E-state index in [1.165, 1.54) is 0 Å². The summed E-state index contributed by atoms with van der Waals surface area (Å²) in [5.41, 5.74) is 1.60. The Hall–Kier alpha value is -1.09. The Labute approximate surface area is 68.4 Å². The van der Waals surface area contributed by atoms with Crippen LogP contribution in [0.25, 0.3) is 11.2 Å². The number of H-pyrrole nitrogens is 1. The maximum Gasteiger partial charge on any atom is 0.177 e. The molecule has 2 rings (SSSR count). The Kier molecular flexibility index (Phi) is 1.32. The van der Waals surface area contributed by atoms with Gasteiger partial charge in [-0.15, -0.1) is 0 Å². The second kappa shape index (κ2) is 2.20. The zero-order chi connectivity index (χ0) is 7.84. The molecule has 1 N–H and O–H groups in total. The van der Waals surface area contributed by atoms with Crippen molar-refractivity contribution in [2.75, 3.05) is 0 Å². The molecule has 0 bridgehead atoms. The average molecular weight is 168 g/mol. The third kappa shape index (κ3) is 1.07. The molecule has 0 aliphatic rings. The van der Waals surface area contributed by atoms with Crippen molar-refractivity contribution >= 4 is 22.8 Å². The first-order valence-electron chi connectivity index (χ1n) is 3.23. The number of aromatic amines is 1. The minimum Gasteiger partial charge on any atom is -0.341 e. The van der Waals surface area contributed by atoms with Crippen LogP contribution in [0.4, 0.5) is 0 Å². The number of hydrogen-bond donors (Lipinski definition) is 1. The van der Waals surface area contributed by atoms with E-state index >= 15 is 0 Å². The van der Waals surface area contributed by atoms with E-state index < -0.39 is 0 Å². The van der Waals surface area contributed by atoms with E-state index in [1.807, 2.05) is 13.0 Å². The fourth-order valence-electron chi connectivity index (χ4n) is 0.995. The van der Waals surface area contributed by atoms with Crippen LogP contribution in [0.15, 0.2) is 12.3 Å². The molecule has 0 saturated carbocycles. The fraction of sp³-hybridized carbons (Fsp3) is 0.143. The van der Waals surface area contributed by atoms with Gasteiger partial charge in [0.25, 0.3) is 0 Å². The Morgan fingerprint density at radius 1 is 1.55 bits per heavy atom. The quantitative estimate of drug-likeness (QED) is 0.652. The van der Waals surface area contributed by atoms with Crippen molar-refractivity contribution in [3.63, 3.8) is 0 Å². The Balaban J connectivity index is 2.82. The number of aromatic nitrogens is 3. The highest BCUT2D eigenvalue weighted by Gasteiger charge is 1.99. The normalized spacial score (nSPS) is 10.7. The molecule has 4 heteroatoms. The Morgan fingerprint density at radius 3 is 3.18 bits per heavy atom. The van der Waals surface area contributed by atoms with Gasteiger partial charge in [-0.1, -0.05) is 11.6 Å². The summed E-state index contributed by atoms with van der Waals surface area (Å²) in [6, 6.07) is 1.81. The zero-order valence-electron chi connectivity index (χ0n) is 5.93. The molecule has 2 aromatic rings. The highest BCUT2D eigenvalue weighted by molar-refractivity contribution is 6.30. The van der Waals surface area contributed by atoms with Gasteiger partial charge in [0.15, 0.2) is 5.65 Å². The molecule has 0 spiro atoms. The lowest BCUT2D eigenvalue weighted by atomic mass is 10.4. The van der Waals surface area contributed by atoms with Gasteiger partial charge in [-0.05, 0) is 13.0 Å². The van der Waals surface area contributed by atoms with Crippen LogP contribution >= 0.6 is 11.6 Å². The number of halogens is 1. The van der Waals surface area contributed by atoms with E-state index in [-0.39, 0.29) is 0 Å². The number of fused-ring (bicyclic) bond motifs is 1. The van der Waals surface area contributed by atoms with Crippen LogP contribution in [0.1, 0.15) is 5.82 Å². The number of imidazole rings is 1. The van der Waals surface area contributed by atoms with Crippen LogP contribution in [-0.4, -0.2) is 15.0 Å². The van der Waals surface area contributed by atoms with Gasteiger partial charge < -0.3 is 4.98 Å². The Morgan fingerprint density at radius 2 is 2.36 bits per heavy atom. The van der Waals surface area contributed by atoms with Crippen molar-refractivity contribution in [3.05, 3.63) is 23.1 Å². The van der Waals surface area contributed by atoms with Crippen molar-refractivity contribution in [1.29, 1.82) is 0 Å². The van der Waals surface area contributed by atoms with Gasteiger partial charge in [0.05, 0.1) is 10.5 Å². The van der Waals surface area contributed by atoms with Gasteiger partial charge in [0.2, 0.25) is 0 Å². The number of pyridine rings is 1. The molecule has 0 radical (unpaired) electrons. The van der Waals surface area contributed by atoms with E-state index in [4.69, 9.17) is 11.6 Å². The summed E-state index contributed by atoms with van der Waals surface area (Å²) >= 11 is 5.72. The summed E-state index contributed by atoms with van der Waals surface area (Å²) in [5, 5.41) is 0.626. The predicted molar refractivity (Wildman–Crippen MR) is 43.6 cm³/mol. The molecule has 0 fully saturated rings. The van der Waals surface area contributed by atoms with Crippen molar-refractivity contribution in [1.82, 2.24) is 15.0 Å². The second-order valence-corrected chi connectivity index (χ2v) is 2.78. The molecule has 0 aliphatic heterocycles. The molecule has 0 amide bonds. The lowest BCUT2D eigenvalue weighted by Gasteiger charge is -1.86. The molecule has 11 heavy (non-hydrogen) atoms. The summed E-state index contributed by atoms with van der Waals surface area (Å²) in [5.74, 6) is 0.856. The van der Waals surface area contributed by atoms with Crippen LogP contribution in [0.2, 0.25) is 5.02 Å². The number of hydrogen-bond acceptors (Lipinski definition) is 2. The fourth-order valence-corrected chi connectivity index (χ4v) is 1.15. The van der Waals surface area contributed by atoms with Gasteiger partial charge in [-0.2, -0.15) is 0 Å². The average Bonchev–Trinajstić information content (AvgIpc) is 2.27. The molecular formula is C7H6ClN3. The topological polar surface area (TPSA) is 41.6 Å². The maximum atomic E-state index is 5.72. The first-order chi connectivity index (χ1) is 5.25. The van der Waals surface area contributed by atoms with Gasteiger partial charge >= 0.3 is 0 Å². The molecule has 2 heterocycles. The summed E-state index contributed by atoms with van der Waals surface area (Å²) in [4.78, 5) is 11.2. The minimum atomic E-state index is 0.626. The molecular weight excluding hydrogens is 162 g/mol. The monoisotopic (exact) mass is 167 g/mol. The smallest absolute Gasteiger partial charge is 0.177 e. The summed E-state index contributed by atoms with van der Waals surface area (Å²) in [6.45, 7) is 1.88. The highest BCUT2D eigenvalue weighted by atomic mass is 35.5. The van der Waals surface area contributed by atoms with Crippen LogP contribution in [0.3, 0.4) is 0 Å². The first-order valence-corrected chi connectivity index (χ1v) is 3.61. The molecule has 0 saturated heterocycles. The van der Waals surface area contributed by atoms with Crippen molar-refractivity contribution in [3.8, 4) is 0 Å². The first kappa shape index (κ1) is 6.61. The number of rotatable bonds is 0. The van der Waals surface area contributed by atoms with Crippen LogP contribution in [0, 0.1) is 6.92 Å². The number of aryl methyl sites for hydroxylation is 1. The maximum absolute atomic E-state index is 5.72. The predicted octanol–water partition coefficient (Wildman–Crippen LogP) is 1.92. The van der Waals surface area contributed by atoms with Gasteiger partial charge in [0, 0.05) is 6.20 Å². The summed E-state index contributed by atoms with van der Waals surface area (Å²) in [6.07, 6.45) is 1.59. The highest BCUT2D eigenvalue weighted by Crippen LogP contribution is 2.13. The Bertz CT molecular complexity index is 393. The molecule has 2 aromatic heterocycles. The number of nitrogens with one attached hydrogen (secondary N) is 1. The zero-order valence-corrected chi connectivity index (χ0v) is 6.68. The molecule has 56 valence electrons. The molecule has 0 aromatic carbocycles.